The fourth-order valence-electron chi connectivity index (χ4n) is 1.72. The van der Waals surface area contributed by atoms with Crippen LogP contribution in [0.3, 0.4) is 0 Å². The van der Waals surface area contributed by atoms with Gasteiger partial charge in [0.25, 0.3) is 0 Å². The molecule has 1 aromatic rings. The van der Waals surface area contributed by atoms with Crippen molar-refractivity contribution in [3.05, 3.63) is 29.8 Å². The molecule has 134 valence electrons. The number of likely N-dealkylation sites (N-methyl/N-ethyl adjacent to an activating group) is 1. The van der Waals surface area contributed by atoms with Crippen molar-refractivity contribution in [2.45, 2.75) is 25.7 Å². The van der Waals surface area contributed by atoms with Crippen LogP contribution >= 0.6 is 0 Å². The maximum Gasteiger partial charge on any atom is 0.422 e. The molecule has 1 unspecified atom stereocenters. The molecule has 0 aliphatic heterocycles. The third-order valence-corrected chi connectivity index (χ3v) is 3.20. The maximum atomic E-state index is 12.1. The molecular weight excluding hydrogens is 329 g/mol. The zero-order chi connectivity index (χ0) is 18.3. The first-order valence-corrected chi connectivity index (χ1v) is 7.06. The fourth-order valence-corrected chi connectivity index (χ4v) is 1.72. The van der Waals surface area contributed by atoms with Crippen LogP contribution in [0.2, 0.25) is 0 Å². The van der Waals surface area contributed by atoms with Crippen LogP contribution in [0.15, 0.2) is 24.3 Å². The van der Waals surface area contributed by atoms with Crippen molar-refractivity contribution in [3.8, 4) is 5.75 Å². The molecule has 0 fully saturated rings. The quantitative estimate of drug-likeness (QED) is 0.747. The van der Waals surface area contributed by atoms with Crippen LogP contribution in [0.5, 0.6) is 5.75 Å². The lowest BCUT2D eigenvalue weighted by molar-refractivity contribution is -0.153. The molecule has 0 saturated heterocycles. The summed E-state index contributed by atoms with van der Waals surface area (Å²) in [7, 11) is 1.50. The summed E-state index contributed by atoms with van der Waals surface area (Å²) in [5.41, 5.74) is 0.567. The van der Waals surface area contributed by atoms with Gasteiger partial charge in [-0.15, -0.1) is 0 Å². The van der Waals surface area contributed by atoms with Crippen molar-refractivity contribution in [2.24, 2.45) is 0 Å². The third-order valence-electron chi connectivity index (χ3n) is 3.20. The average molecular weight is 348 g/mol. The molecule has 0 aliphatic carbocycles. The maximum absolute atomic E-state index is 12.1. The van der Waals surface area contributed by atoms with Crippen LogP contribution in [0.1, 0.15) is 12.5 Å². The normalized spacial score (nSPS) is 12.8. The zero-order valence-electron chi connectivity index (χ0n) is 13.3. The second-order valence-electron chi connectivity index (χ2n) is 5.26. The molecule has 6 nitrogen and oxygen atoms in total. The summed E-state index contributed by atoms with van der Waals surface area (Å²) in [6.07, 6.45) is -4.42. The molecule has 0 aliphatic rings. The molecule has 24 heavy (non-hydrogen) atoms. The molecule has 1 aromatic carbocycles. The number of nitrogens with zero attached hydrogens (tertiary/aromatic N) is 1. The molecule has 2 N–H and O–H groups in total. The first kappa shape index (κ1) is 19.8. The van der Waals surface area contributed by atoms with Crippen LogP contribution in [-0.2, 0) is 16.1 Å². The predicted octanol–water partition coefficient (Wildman–Crippen LogP) is 1.65. The minimum absolute atomic E-state index is 0.0516. The van der Waals surface area contributed by atoms with Crippen LogP contribution < -0.4 is 10.1 Å². The Morgan fingerprint density at radius 3 is 2.62 bits per heavy atom. The van der Waals surface area contributed by atoms with Crippen LogP contribution in [0, 0.1) is 0 Å². The van der Waals surface area contributed by atoms with E-state index in [4.69, 9.17) is 5.11 Å². The summed E-state index contributed by atoms with van der Waals surface area (Å²) in [4.78, 5) is 23.9. The number of amides is 1. The number of rotatable bonds is 8. The monoisotopic (exact) mass is 348 g/mol. The molecule has 0 radical (unpaired) electrons. The number of halogens is 3. The second-order valence-corrected chi connectivity index (χ2v) is 5.26. The van der Waals surface area contributed by atoms with Crippen LogP contribution in [-0.4, -0.2) is 54.3 Å². The van der Waals surface area contributed by atoms with Gasteiger partial charge in [-0.3, -0.25) is 14.5 Å². The minimum atomic E-state index is -4.42. The Morgan fingerprint density at radius 1 is 1.38 bits per heavy atom. The van der Waals surface area contributed by atoms with E-state index in [-0.39, 0.29) is 18.8 Å². The lowest BCUT2D eigenvalue weighted by atomic mass is 10.2. The van der Waals surface area contributed by atoms with Crippen molar-refractivity contribution < 1.29 is 32.6 Å². The van der Waals surface area contributed by atoms with Gasteiger partial charge < -0.3 is 15.2 Å². The van der Waals surface area contributed by atoms with E-state index in [1.54, 1.807) is 6.07 Å². The highest BCUT2D eigenvalue weighted by Crippen LogP contribution is 2.19. The molecule has 1 amide bonds. The summed E-state index contributed by atoms with van der Waals surface area (Å²) in [5, 5.41) is 11.4. The number of carboxylic acid groups (broad SMARTS) is 1. The lowest BCUT2D eigenvalue weighted by Crippen LogP contribution is -2.42. The number of carboxylic acids is 1. The Bertz CT molecular complexity index is 578. The number of aliphatic carboxylic acids is 1. The van der Waals surface area contributed by atoms with E-state index in [1.165, 1.54) is 37.1 Å². The van der Waals surface area contributed by atoms with Crippen molar-refractivity contribution in [2.75, 3.05) is 20.2 Å². The fraction of sp³-hybridized carbons (Fsp3) is 0.467. The molecular formula is C15H19F3N2O4. The SMILES string of the molecule is CC(C(=O)O)N(C)CC(=O)NCc1cccc(OCC(F)(F)F)c1. The van der Waals surface area contributed by atoms with Gasteiger partial charge in [0.1, 0.15) is 11.8 Å². The van der Waals surface area contributed by atoms with E-state index in [9.17, 15) is 22.8 Å². The summed E-state index contributed by atoms with van der Waals surface area (Å²) in [6.45, 7) is 0.0484. The number of hydrogen-bond donors (Lipinski definition) is 2. The van der Waals surface area contributed by atoms with E-state index in [0.717, 1.165) is 0 Å². The van der Waals surface area contributed by atoms with Crippen molar-refractivity contribution in [1.82, 2.24) is 10.2 Å². The Kier molecular flexibility index (Phi) is 7.02. The van der Waals surface area contributed by atoms with Gasteiger partial charge in [0.15, 0.2) is 6.61 Å². The van der Waals surface area contributed by atoms with E-state index >= 15 is 0 Å². The van der Waals surface area contributed by atoms with Gasteiger partial charge in [-0.25, -0.2) is 0 Å². The van der Waals surface area contributed by atoms with Gasteiger partial charge >= 0.3 is 12.1 Å². The molecule has 0 saturated carbocycles. The number of alkyl halides is 3. The molecule has 0 bridgehead atoms. The molecule has 1 atom stereocenters. The Hall–Kier alpha value is -2.29. The first-order valence-electron chi connectivity index (χ1n) is 7.06. The second kappa shape index (κ2) is 8.53. The van der Waals surface area contributed by atoms with Crippen molar-refractivity contribution in [1.29, 1.82) is 0 Å². The number of nitrogens with one attached hydrogen (secondary N) is 1. The highest BCUT2D eigenvalue weighted by Gasteiger charge is 2.28. The molecule has 0 heterocycles. The largest absolute Gasteiger partial charge is 0.484 e. The summed E-state index contributed by atoms with van der Waals surface area (Å²) < 4.78 is 41.0. The van der Waals surface area contributed by atoms with Gasteiger partial charge in [0, 0.05) is 6.54 Å². The smallest absolute Gasteiger partial charge is 0.422 e. The van der Waals surface area contributed by atoms with Gasteiger partial charge in [0.05, 0.1) is 6.54 Å². The highest BCUT2D eigenvalue weighted by molar-refractivity contribution is 5.79. The van der Waals surface area contributed by atoms with E-state index in [0.29, 0.717) is 5.56 Å². The Balaban J connectivity index is 2.49. The average Bonchev–Trinajstić information content (AvgIpc) is 2.49. The van der Waals surface area contributed by atoms with E-state index in [1.807, 2.05) is 0 Å². The molecule has 1 rings (SSSR count). The number of benzene rings is 1. The minimum Gasteiger partial charge on any atom is -0.484 e. The van der Waals surface area contributed by atoms with Crippen molar-refractivity contribution >= 4 is 11.9 Å². The Morgan fingerprint density at radius 2 is 2.04 bits per heavy atom. The standard InChI is InChI=1S/C15H19F3N2O4/c1-10(14(22)23)20(2)8-13(21)19-7-11-4-3-5-12(6-11)24-9-15(16,17)18/h3-6,10H,7-9H2,1-2H3,(H,19,21)(H,22,23). The van der Waals surface area contributed by atoms with Gasteiger partial charge in [-0.05, 0) is 31.7 Å². The third kappa shape index (κ3) is 7.32. The number of carbonyl (C=O) groups is 2. The van der Waals surface area contributed by atoms with Gasteiger partial charge in [-0.2, -0.15) is 13.2 Å². The topological polar surface area (TPSA) is 78.9 Å². The first-order chi connectivity index (χ1) is 11.1. The molecule has 0 spiro atoms. The zero-order valence-corrected chi connectivity index (χ0v) is 13.3. The van der Waals surface area contributed by atoms with E-state index in [2.05, 4.69) is 10.1 Å². The molecule has 9 heteroatoms. The Labute approximate surface area is 137 Å². The van der Waals surface area contributed by atoms with Crippen LogP contribution in [0.25, 0.3) is 0 Å². The summed E-state index contributed by atoms with van der Waals surface area (Å²) in [6, 6.07) is 5.13. The number of carbonyl (C=O) groups excluding carboxylic acids is 1. The predicted molar refractivity (Wildman–Crippen MR) is 79.6 cm³/mol. The number of ether oxygens (including phenoxy) is 1. The summed E-state index contributed by atoms with van der Waals surface area (Å²) in [5.74, 6) is -1.39. The van der Waals surface area contributed by atoms with Gasteiger partial charge in [-0.1, -0.05) is 12.1 Å². The van der Waals surface area contributed by atoms with Crippen LogP contribution in [0.4, 0.5) is 13.2 Å². The lowest BCUT2D eigenvalue weighted by Gasteiger charge is -2.20. The van der Waals surface area contributed by atoms with Crippen molar-refractivity contribution in [3.63, 3.8) is 0 Å². The van der Waals surface area contributed by atoms with Gasteiger partial charge in [0.2, 0.25) is 5.91 Å². The highest BCUT2D eigenvalue weighted by atomic mass is 19.4. The molecule has 0 aromatic heterocycles. The number of hydrogen-bond acceptors (Lipinski definition) is 4. The summed E-state index contributed by atoms with van der Waals surface area (Å²) >= 11 is 0. The van der Waals surface area contributed by atoms with E-state index < -0.39 is 30.7 Å².